The molecule has 2 saturated heterocycles. The van der Waals surface area contributed by atoms with Crippen LogP contribution in [0, 0.1) is 12.3 Å². The molecule has 0 saturated carbocycles. The van der Waals surface area contributed by atoms with Crippen LogP contribution in [0.4, 0.5) is 0 Å². The largest absolute Gasteiger partial charge is 0.371 e. The summed E-state index contributed by atoms with van der Waals surface area (Å²) < 4.78 is 8.17. The molecule has 6 nitrogen and oxygen atoms in total. The fourth-order valence-corrected chi connectivity index (χ4v) is 5.82. The molecule has 0 radical (unpaired) electrons. The molecule has 2 amide bonds. The summed E-state index contributed by atoms with van der Waals surface area (Å²) in [4.78, 5) is 27.8. The molecular weight excluding hydrogens is 486 g/mol. The van der Waals surface area contributed by atoms with Crippen LogP contribution in [0.3, 0.4) is 0 Å². The van der Waals surface area contributed by atoms with Crippen LogP contribution >= 0.6 is 0 Å². The fraction of sp³-hybridized carbons (Fsp3) is 0.455. The highest BCUT2D eigenvalue weighted by Gasteiger charge is 2.36. The molecule has 2 atom stereocenters. The van der Waals surface area contributed by atoms with Gasteiger partial charge in [0.1, 0.15) is 0 Å². The van der Waals surface area contributed by atoms with Gasteiger partial charge in [0.2, 0.25) is 0 Å². The van der Waals surface area contributed by atoms with Crippen LogP contribution in [0.1, 0.15) is 77.6 Å². The molecule has 2 aliphatic heterocycles. The molecular formula is C33H39N3O3. The third-order valence-corrected chi connectivity index (χ3v) is 7.96. The summed E-state index contributed by atoms with van der Waals surface area (Å²) in [5, 5.41) is 4.02. The van der Waals surface area contributed by atoms with Gasteiger partial charge in [0.05, 0.1) is 17.8 Å². The highest BCUT2D eigenvalue weighted by Crippen LogP contribution is 2.29. The monoisotopic (exact) mass is 525 g/mol. The Kier molecular flexibility index (Phi) is 9.00. The van der Waals surface area contributed by atoms with Gasteiger partial charge in [-0.1, -0.05) is 36.8 Å². The number of nitrogens with one attached hydrogen (secondary N) is 1. The molecule has 0 aliphatic carbocycles. The number of unbranched alkanes of at least 4 members (excludes halogenated alkanes) is 4. The van der Waals surface area contributed by atoms with Gasteiger partial charge in [-0.25, -0.2) is 0 Å². The summed E-state index contributed by atoms with van der Waals surface area (Å²) in [6.07, 6.45) is 16.6. The van der Waals surface area contributed by atoms with Crippen molar-refractivity contribution in [3.8, 4) is 12.3 Å². The number of morpholine rings is 1. The van der Waals surface area contributed by atoms with Gasteiger partial charge in [-0.2, -0.15) is 0 Å². The highest BCUT2D eigenvalue weighted by molar-refractivity contribution is 6.07. The molecule has 2 bridgehead atoms. The van der Waals surface area contributed by atoms with Crippen LogP contribution in [-0.2, 0) is 17.7 Å². The Morgan fingerprint density at radius 1 is 0.949 bits per heavy atom. The first-order valence-electron chi connectivity index (χ1n) is 14.5. The van der Waals surface area contributed by atoms with Gasteiger partial charge in [-0.15, -0.1) is 12.3 Å². The van der Waals surface area contributed by atoms with Gasteiger partial charge in [-0.3, -0.25) is 9.59 Å². The lowest BCUT2D eigenvalue weighted by molar-refractivity contribution is -0.0303. The predicted molar refractivity (Wildman–Crippen MR) is 155 cm³/mol. The molecule has 6 heteroatoms. The van der Waals surface area contributed by atoms with E-state index in [1.807, 2.05) is 35.4 Å². The Morgan fingerprint density at radius 3 is 2.49 bits per heavy atom. The standard InChI is InChI=1S/C33H39N3O3/c1-2-3-4-5-9-20-34-32(37)26-16-14-25(15-17-26)11-8-10-21-35-24-30(29-12-6-7-13-31(29)35)33(38)36-22-27-18-19-28(23-36)39-27/h1,6-7,12-17,24,27-28H,3-5,8-11,18-23H2,(H,34,37). The summed E-state index contributed by atoms with van der Waals surface area (Å²) in [6.45, 7) is 2.94. The Balaban J connectivity index is 1.11. The van der Waals surface area contributed by atoms with Crippen molar-refractivity contribution in [3.63, 3.8) is 0 Å². The second kappa shape index (κ2) is 13.0. The van der Waals surface area contributed by atoms with Crippen molar-refractivity contribution in [3.05, 3.63) is 71.4 Å². The number of rotatable bonds is 12. The lowest BCUT2D eigenvalue weighted by Crippen LogP contribution is -2.45. The van der Waals surface area contributed by atoms with E-state index in [2.05, 4.69) is 40.1 Å². The number of fused-ring (bicyclic) bond motifs is 3. The molecule has 39 heavy (non-hydrogen) atoms. The number of hydrogen-bond donors (Lipinski definition) is 1. The number of hydrogen-bond acceptors (Lipinski definition) is 3. The number of terminal acetylenes is 1. The zero-order valence-electron chi connectivity index (χ0n) is 22.7. The molecule has 2 aliphatic rings. The SMILES string of the molecule is C#CCCCCCNC(=O)c1ccc(CCCCn2cc(C(=O)N3CC4CCC(C3)O4)c3ccccc32)cc1. The number of para-hydroxylation sites is 1. The first kappa shape index (κ1) is 27.0. The van der Waals surface area contributed by atoms with Crippen LogP contribution in [0.2, 0.25) is 0 Å². The maximum absolute atomic E-state index is 13.5. The van der Waals surface area contributed by atoms with Crippen molar-refractivity contribution in [1.82, 2.24) is 14.8 Å². The van der Waals surface area contributed by atoms with E-state index in [4.69, 9.17) is 11.2 Å². The first-order valence-corrected chi connectivity index (χ1v) is 14.5. The summed E-state index contributed by atoms with van der Waals surface area (Å²) in [5.74, 6) is 2.75. The van der Waals surface area contributed by atoms with Crippen LogP contribution < -0.4 is 5.32 Å². The Morgan fingerprint density at radius 2 is 1.72 bits per heavy atom. The van der Waals surface area contributed by atoms with E-state index in [1.54, 1.807) is 0 Å². The minimum atomic E-state index is -0.0203. The second-order valence-electron chi connectivity index (χ2n) is 10.8. The molecule has 1 aromatic heterocycles. The van der Waals surface area contributed by atoms with E-state index in [-0.39, 0.29) is 24.0 Å². The second-order valence-corrected chi connectivity index (χ2v) is 10.8. The Hall–Kier alpha value is -3.56. The van der Waals surface area contributed by atoms with Crippen molar-refractivity contribution in [2.24, 2.45) is 0 Å². The van der Waals surface area contributed by atoms with Gasteiger partial charge in [0.15, 0.2) is 0 Å². The molecule has 1 N–H and O–H groups in total. The first-order chi connectivity index (χ1) is 19.1. The molecule has 3 aromatic rings. The minimum Gasteiger partial charge on any atom is -0.371 e. The Bertz CT molecular complexity index is 1310. The molecule has 0 spiro atoms. The number of aryl methyl sites for hydroxylation is 2. The van der Waals surface area contributed by atoms with Crippen molar-refractivity contribution in [2.75, 3.05) is 19.6 Å². The quantitative estimate of drug-likeness (QED) is 0.248. The number of likely N-dealkylation sites (tertiary alicyclic amines) is 1. The molecule has 5 rings (SSSR count). The van der Waals surface area contributed by atoms with Crippen molar-refractivity contribution < 1.29 is 14.3 Å². The average molecular weight is 526 g/mol. The summed E-state index contributed by atoms with van der Waals surface area (Å²) in [7, 11) is 0. The van der Waals surface area contributed by atoms with Gasteiger partial charge >= 0.3 is 0 Å². The molecule has 3 heterocycles. The van der Waals surface area contributed by atoms with E-state index in [0.717, 1.165) is 80.8 Å². The average Bonchev–Trinajstić information content (AvgIpc) is 3.51. The zero-order valence-corrected chi connectivity index (χ0v) is 22.7. The maximum atomic E-state index is 13.5. The minimum absolute atomic E-state index is 0.0203. The van der Waals surface area contributed by atoms with Crippen LogP contribution in [0.5, 0.6) is 0 Å². The Labute approximate surface area is 231 Å². The third-order valence-electron chi connectivity index (χ3n) is 7.96. The number of benzene rings is 2. The molecule has 204 valence electrons. The number of nitrogens with zero attached hydrogens (tertiary/aromatic N) is 2. The summed E-state index contributed by atoms with van der Waals surface area (Å²) >= 11 is 0. The normalized spacial score (nSPS) is 18.3. The number of carbonyl (C=O) groups is 2. The smallest absolute Gasteiger partial charge is 0.256 e. The van der Waals surface area contributed by atoms with Crippen LogP contribution in [0.25, 0.3) is 10.9 Å². The van der Waals surface area contributed by atoms with E-state index >= 15 is 0 Å². The molecule has 2 fully saturated rings. The molecule has 2 unspecified atom stereocenters. The van der Waals surface area contributed by atoms with Gasteiger partial charge in [0.25, 0.3) is 11.8 Å². The lowest BCUT2D eigenvalue weighted by Gasteiger charge is -2.32. The predicted octanol–water partition coefficient (Wildman–Crippen LogP) is 5.59. The van der Waals surface area contributed by atoms with E-state index < -0.39 is 0 Å². The topological polar surface area (TPSA) is 63.6 Å². The van der Waals surface area contributed by atoms with Gasteiger partial charge in [-0.05, 0) is 68.7 Å². The van der Waals surface area contributed by atoms with E-state index in [1.165, 1.54) is 5.56 Å². The highest BCUT2D eigenvalue weighted by atomic mass is 16.5. The number of amides is 2. The van der Waals surface area contributed by atoms with Crippen LogP contribution in [0.15, 0.2) is 54.7 Å². The van der Waals surface area contributed by atoms with E-state index in [9.17, 15) is 9.59 Å². The third kappa shape index (κ3) is 6.72. The number of ether oxygens (including phenoxy) is 1. The summed E-state index contributed by atoms with van der Waals surface area (Å²) in [5.41, 5.74) is 3.85. The van der Waals surface area contributed by atoms with Crippen molar-refractivity contribution in [2.45, 2.75) is 76.5 Å². The van der Waals surface area contributed by atoms with Crippen LogP contribution in [-0.4, -0.2) is 53.1 Å². The molecule has 2 aromatic carbocycles. The fourth-order valence-electron chi connectivity index (χ4n) is 5.82. The van der Waals surface area contributed by atoms with E-state index in [0.29, 0.717) is 25.2 Å². The number of carbonyl (C=O) groups excluding carboxylic acids is 2. The number of aromatic nitrogens is 1. The lowest BCUT2D eigenvalue weighted by atomic mass is 10.1. The zero-order chi connectivity index (χ0) is 27.0. The maximum Gasteiger partial charge on any atom is 0.256 e. The van der Waals surface area contributed by atoms with Crippen molar-refractivity contribution in [1.29, 1.82) is 0 Å². The van der Waals surface area contributed by atoms with Crippen molar-refractivity contribution >= 4 is 22.7 Å². The summed E-state index contributed by atoms with van der Waals surface area (Å²) in [6, 6.07) is 16.2. The van der Waals surface area contributed by atoms with Gasteiger partial charge in [0, 0.05) is 55.3 Å². The van der Waals surface area contributed by atoms with Gasteiger partial charge < -0.3 is 19.5 Å².